The Morgan fingerprint density at radius 3 is 2.88 bits per heavy atom. The van der Waals surface area contributed by atoms with Gasteiger partial charge in [0.25, 0.3) is 0 Å². The minimum Gasteiger partial charge on any atom is -0.376 e. The summed E-state index contributed by atoms with van der Waals surface area (Å²) < 4.78 is 11.8. The lowest BCUT2D eigenvalue weighted by Gasteiger charge is -2.39. The zero-order valence-corrected chi connectivity index (χ0v) is 11.8. The van der Waals surface area contributed by atoms with Crippen molar-refractivity contribution in [3.8, 4) is 0 Å². The first-order valence-corrected chi connectivity index (χ1v) is 7.68. The van der Waals surface area contributed by atoms with Crippen LogP contribution in [0, 0.1) is 5.92 Å². The lowest BCUT2D eigenvalue weighted by atomic mass is 9.80. The van der Waals surface area contributed by atoms with Crippen molar-refractivity contribution in [3.63, 3.8) is 0 Å². The van der Waals surface area contributed by atoms with Crippen LogP contribution in [-0.4, -0.2) is 30.2 Å². The molecule has 0 aromatic heterocycles. The first-order valence-electron chi connectivity index (χ1n) is 6.56. The molecule has 1 heterocycles. The SMILES string of the molecule is CC1CCCC(CBr)(OCC2CCCO2)C1. The fourth-order valence-corrected chi connectivity index (χ4v) is 3.62. The van der Waals surface area contributed by atoms with Gasteiger partial charge in [0.15, 0.2) is 0 Å². The van der Waals surface area contributed by atoms with Crippen molar-refractivity contribution in [1.29, 1.82) is 0 Å². The van der Waals surface area contributed by atoms with Crippen molar-refractivity contribution in [1.82, 2.24) is 0 Å². The highest BCUT2D eigenvalue weighted by Gasteiger charge is 2.35. The molecule has 0 bridgehead atoms. The van der Waals surface area contributed by atoms with Crippen LogP contribution >= 0.6 is 15.9 Å². The molecule has 1 aliphatic heterocycles. The van der Waals surface area contributed by atoms with Crippen molar-refractivity contribution in [2.75, 3.05) is 18.5 Å². The van der Waals surface area contributed by atoms with E-state index < -0.39 is 0 Å². The molecule has 0 spiro atoms. The molecular weight excluding hydrogens is 268 g/mol. The molecule has 94 valence electrons. The first-order chi connectivity index (χ1) is 7.74. The van der Waals surface area contributed by atoms with Gasteiger partial charge in [0.1, 0.15) is 0 Å². The van der Waals surface area contributed by atoms with Crippen LogP contribution in [0.2, 0.25) is 0 Å². The lowest BCUT2D eigenvalue weighted by molar-refractivity contribution is -0.0956. The third kappa shape index (κ3) is 3.21. The molecule has 1 aliphatic carbocycles. The first kappa shape index (κ1) is 12.8. The van der Waals surface area contributed by atoms with E-state index >= 15 is 0 Å². The molecule has 2 nitrogen and oxygen atoms in total. The summed E-state index contributed by atoms with van der Waals surface area (Å²) in [7, 11) is 0. The normalized spacial score (nSPS) is 40.1. The van der Waals surface area contributed by atoms with Crippen molar-refractivity contribution in [3.05, 3.63) is 0 Å². The molecular formula is C13H23BrO2. The van der Waals surface area contributed by atoms with E-state index in [0.717, 1.165) is 24.5 Å². The quantitative estimate of drug-likeness (QED) is 0.738. The monoisotopic (exact) mass is 290 g/mol. The number of hydrogen-bond acceptors (Lipinski definition) is 2. The Hall–Kier alpha value is 0.400. The summed E-state index contributed by atoms with van der Waals surface area (Å²) in [6.45, 7) is 4.05. The molecule has 1 saturated carbocycles. The van der Waals surface area contributed by atoms with Gasteiger partial charge < -0.3 is 9.47 Å². The van der Waals surface area contributed by atoms with Gasteiger partial charge in [0.05, 0.1) is 18.3 Å². The Balaban J connectivity index is 1.83. The number of ether oxygens (including phenoxy) is 2. The predicted octanol–water partition coefficient (Wildman–Crippen LogP) is 3.53. The Bertz CT molecular complexity index is 216. The second kappa shape index (κ2) is 5.83. The summed E-state index contributed by atoms with van der Waals surface area (Å²) in [6, 6.07) is 0. The number of halogens is 1. The van der Waals surface area contributed by atoms with Crippen molar-refractivity contribution in [2.24, 2.45) is 5.92 Å². The van der Waals surface area contributed by atoms with E-state index in [9.17, 15) is 0 Å². The summed E-state index contributed by atoms with van der Waals surface area (Å²) in [6.07, 6.45) is 7.80. The smallest absolute Gasteiger partial charge is 0.0809 e. The molecule has 0 N–H and O–H groups in total. The van der Waals surface area contributed by atoms with Gasteiger partial charge >= 0.3 is 0 Å². The van der Waals surface area contributed by atoms with Crippen molar-refractivity contribution >= 4 is 15.9 Å². The minimum atomic E-state index is 0.0869. The Kier molecular flexibility index (Phi) is 4.68. The van der Waals surface area contributed by atoms with Crippen LogP contribution in [0.1, 0.15) is 45.4 Å². The molecule has 0 radical (unpaired) electrons. The highest BCUT2D eigenvalue weighted by molar-refractivity contribution is 9.09. The molecule has 0 aromatic carbocycles. The van der Waals surface area contributed by atoms with E-state index in [1.54, 1.807) is 0 Å². The zero-order chi connectivity index (χ0) is 11.4. The summed E-state index contributed by atoms with van der Waals surface area (Å²) in [5.41, 5.74) is 0.0869. The number of alkyl halides is 1. The van der Waals surface area contributed by atoms with E-state index in [0.29, 0.717) is 6.10 Å². The molecule has 2 rings (SSSR count). The third-order valence-corrected chi connectivity index (χ3v) is 4.91. The van der Waals surface area contributed by atoms with Crippen LogP contribution in [0.25, 0.3) is 0 Å². The van der Waals surface area contributed by atoms with E-state index in [1.165, 1.54) is 38.5 Å². The standard InChI is InChI=1S/C13H23BrO2/c1-11-4-2-6-13(8-11,10-14)16-9-12-5-3-7-15-12/h11-12H,2-10H2,1H3. The summed E-state index contributed by atoms with van der Waals surface area (Å²) in [5, 5.41) is 0.969. The Morgan fingerprint density at radius 1 is 1.38 bits per heavy atom. The highest BCUT2D eigenvalue weighted by atomic mass is 79.9. The van der Waals surface area contributed by atoms with Crippen molar-refractivity contribution in [2.45, 2.75) is 57.2 Å². The maximum Gasteiger partial charge on any atom is 0.0809 e. The lowest BCUT2D eigenvalue weighted by Crippen LogP contribution is -2.41. The van der Waals surface area contributed by atoms with Crippen LogP contribution in [-0.2, 0) is 9.47 Å². The fraction of sp³-hybridized carbons (Fsp3) is 1.00. The number of rotatable bonds is 4. The fourth-order valence-electron chi connectivity index (χ4n) is 2.95. The molecule has 3 atom stereocenters. The van der Waals surface area contributed by atoms with Crippen LogP contribution in [0.3, 0.4) is 0 Å². The van der Waals surface area contributed by atoms with E-state index in [2.05, 4.69) is 22.9 Å². The van der Waals surface area contributed by atoms with Crippen LogP contribution in [0.15, 0.2) is 0 Å². The van der Waals surface area contributed by atoms with Gasteiger partial charge in [-0.3, -0.25) is 0 Å². The largest absolute Gasteiger partial charge is 0.376 e. The Morgan fingerprint density at radius 2 is 2.25 bits per heavy atom. The molecule has 2 fully saturated rings. The molecule has 0 aromatic rings. The van der Waals surface area contributed by atoms with Crippen LogP contribution in [0.4, 0.5) is 0 Å². The van der Waals surface area contributed by atoms with Crippen LogP contribution < -0.4 is 0 Å². The van der Waals surface area contributed by atoms with Crippen LogP contribution in [0.5, 0.6) is 0 Å². The summed E-state index contributed by atoms with van der Waals surface area (Å²) in [4.78, 5) is 0. The van der Waals surface area contributed by atoms with Gasteiger partial charge in [-0.05, 0) is 31.6 Å². The van der Waals surface area contributed by atoms with E-state index in [4.69, 9.17) is 9.47 Å². The van der Waals surface area contributed by atoms with Gasteiger partial charge in [-0.2, -0.15) is 0 Å². The second-order valence-electron chi connectivity index (χ2n) is 5.46. The molecule has 16 heavy (non-hydrogen) atoms. The summed E-state index contributed by atoms with van der Waals surface area (Å²) in [5.74, 6) is 0.802. The average Bonchev–Trinajstić information content (AvgIpc) is 2.79. The molecule has 0 amide bonds. The molecule has 1 saturated heterocycles. The maximum atomic E-state index is 6.20. The molecule has 2 aliphatic rings. The third-order valence-electron chi connectivity index (χ3n) is 3.89. The van der Waals surface area contributed by atoms with E-state index in [1.807, 2.05) is 0 Å². The Labute approximate surface area is 107 Å². The molecule has 3 unspecified atom stereocenters. The zero-order valence-electron chi connectivity index (χ0n) is 10.2. The number of hydrogen-bond donors (Lipinski definition) is 0. The average molecular weight is 291 g/mol. The van der Waals surface area contributed by atoms with Gasteiger partial charge in [-0.15, -0.1) is 0 Å². The maximum absolute atomic E-state index is 6.20. The van der Waals surface area contributed by atoms with Gasteiger partial charge in [-0.25, -0.2) is 0 Å². The summed E-state index contributed by atoms with van der Waals surface area (Å²) >= 11 is 3.64. The second-order valence-corrected chi connectivity index (χ2v) is 6.02. The minimum absolute atomic E-state index is 0.0869. The molecule has 3 heteroatoms. The van der Waals surface area contributed by atoms with Gasteiger partial charge in [0.2, 0.25) is 0 Å². The van der Waals surface area contributed by atoms with Crippen molar-refractivity contribution < 1.29 is 9.47 Å². The van der Waals surface area contributed by atoms with Gasteiger partial charge in [-0.1, -0.05) is 35.7 Å². The van der Waals surface area contributed by atoms with E-state index in [-0.39, 0.29) is 5.60 Å². The topological polar surface area (TPSA) is 18.5 Å². The van der Waals surface area contributed by atoms with Gasteiger partial charge in [0, 0.05) is 11.9 Å². The highest BCUT2D eigenvalue weighted by Crippen LogP contribution is 2.36. The predicted molar refractivity (Wildman–Crippen MR) is 69.1 cm³/mol.